The standard InChI is InChI=1S/C47H52BrN4O2/c1-46(2)39-31-37(49-35-13-9-7-10-14-35)21-23-41(39)51(27-29-53-5)43(46)25-19-33-17-18-34(45(33)48)20-26-44-47(3,4)40-32-38(50-36-15-11-8-12-16-36)22-24-42(40)52(44)28-30-54-6/h7-16,19-26,31-32,49-50H,17-18,27-30H2,1-6H3/q+1. The topological polar surface area (TPSA) is 48.8 Å². The van der Waals surface area contributed by atoms with E-state index in [2.05, 4.69) is 173 Å². The van der Waals surface area contributed by atoms with Crippen molar-refractivity contribution in [2.75, 3.05) is 56.1 Å². The summed E-state index contributed by atoms with van der Waals surface area (Å²) in [5.41, 5.74) is 14.3. The fraction of sp³-hybridized carbons (Fsp3) is 0.298. The molecule has 0 spiro atoms. The van der Waals surface area contributed by atoms with Crippen LogP contribution in [0, 0.1) is 0 Å². The molecule has 7 rings (SSSR count). The van der Waals surface area contributed by atoms with Crippen molar-refractivity contribution >= 4 is 55.8 Å². The maximum Gasteiger partial charge on any atom is 0.210 e. The molecule has 0 aromatic heterocycles. The Hall–Kier alpha value is -4.69. The predicted molar refractivity (Wildman–Crippen MR) is 230 cm³/mol. The highest BCUT2D eigenvalue weighted by molar-refractivity contribution is 9.12. The highest BCUT2D eigenvalue weighted by Gasteiger charge is 2.44. The fourth-order valence-electron chi connectivity index (χ4n) is 8.10. The van der Waals surface area contributed by atoms with Crippen molar-refractivity contribution in [1.82, 2.24) is 0 Å². The van der Waals surface area contributed by atoms with Gasteiger partial charge in [0.1, 0.15) is 6.61 Å². The lowest BCUT2D eigenvalue weighted by Crippen LogP contribution is -2.28. The Kier molecular flexibility index (Phi) is 11.1. The van der Waals surface area contributed by atoms with Crippen LogP contribution in [-0.2, 0) is 20.3 Å². The first kappa shape index (κ1) is 37.6. The summed E-state index contributed by atoms with van der Waals surface area (Å²) in [6, 6.07) is 34.2. The number of ether oxygens (including phenoxy) is 2. The minimum Gasteiger partial charge on any atom is -0.383 e. The second-order valence-electron chi connectivity index (χ2n) is 15.3. The van der Waals surface area contributed by atoms with Gasteiger partial charge in [0, 0.05) is 82.5 Å². The summed E-state index contributed by atoms with van der Waals surface area (Å²) in [5, 5.41) is 7.18. The second kappa shape index (κ2) is 16.0. The second-order valence-corrected chi connectivity index (χ2v) is 16.1. The monoisotopic (exact) mass is 783 g/mol. The smallest absolute Gasteiger partial charge is 0.210 e. The lowest BCUT2D eigenvalue weighted by molar-refractivity contribution is -0.441. The number of hydrogen-bond donors (Lipinski definition) is 2. The highest BCUT2D eigenvalue weighted by atomic mass is 79.9. The minimum absolute atomic E-state index is 0.187. The first-order valence-electron chi connectivity index (χ1n) is 18.9. The van der Waals surface area contributed by atoms with E-state index in [1.54, 1.807) is 14.2 Å². The van der Waals surface area contributed by atoms with Crippen LogP contribution in [-0.4, -0.2) is 50.8 Å². The van der Waals surface area contributed by atoms with Crippen LogP contribution in [0.3, 0.4) is 0 Å². The zero-order chi connectivity index (χ0) is 37.9. The number of allylic oxidation sites excluding steroid dienone is 8. The molecule has 2 heterocycles. The SMILES string of the molecule is COCCN1/C(=C\C=C2/CCC(/C=C/C3=[N+](CCOC)c4ccc(Nc5ccccc5)cc4C3(C)C)=C2Br)C(C)(C)c2cc(Nc3ccccc3)ccc21. The molecule has 2 aliphatic heterocycles. The average Bonchev–Trinajstić information content (AvgIpc) is 3.70. The predicted octanol–water partition coefficient (Wildman–Crippen LogP) is 11.4. The Morgan fingerprint density at radius 2 is 1.33 bits per heavy atom. The van der Waals surface area contributed by atoms with Crippen molar-refractivity contribution in [2.45, 2.75) is 51.4 Å². The molecule has 0 amide bonds. The van der Waals surface area contributed by atoms with E-state index in [1.807, 2.05) is 12.1 Å². The van der Waals surface area contributed by atoms with Crippen molar-refractivity contribution in [2.24, 2.45) is 0 Å². The van der Waals surface area contributed by atoms with Crippen LogP contribution in [0.25, 0.3) is 0 Å². The van der Waals surface area contributed by atoms with Crippen LogP contribution in [0.15, 0.2) is 143 Å². The van der Waals surface area contributed by atoms with E-state index >= 15 is 0 Å². The molecule has 0 bridgehead atoms. The van der Waals surface area contributed by atoms with E-state index < -0.39 is 0 Å². The number of benzene rings is 4. The Morgan fingerprint density at radius 3 is 1.98 bits per heavy atom. The first-order valence-corrected chi connectivity index (χ1v) is 19.7. The first-order chi connectivity index (χ1) is 26.1. The molecule has 54 heavy (non-hydrogen) atoms. The highest BCUT2D eigenvalue weighted by Crippen LogP contribution is 2.49. The number of fused-ring (bicyclic) bond motifs is 2. The van der Waals surface area contributed by atoms with Gasteiger partial charge in [0.25, 0.3) is 0 Å². The molecule has 0 fully saturated rings. The molecular formula is C47H52BrN4O2+. The van der Waals surface area contributed by atoms with E-state index in [1.165, 1.54) is 49.5 Å². The van der Waals surface area contributed by atoms with Gasteiger partial charge in [-0.05, 0) is 104 Å². The van der Waals surface area contributed by atoms with Crippen molar-refractivity contribution in [3.05, 3.63) is 154 Å². The molecule has 1 aliphatic carbocycles. The molecule has 4 aromatic rings. The average molecular weight is 785 g/mol. The molecule has 0 saturated heterocycles. The number of halogens is 1. The summed E-state index contributed by atoms with van der Waals surface area (Å²) in [4.78, 5) is 2.43. The van der Waals surface area contributed by atoms with Gasteiger partial charge in [0.2, 0.25) is 5.69 Å². The summed E-state index contributed by atoms with van der Waals surface area (Å²) >= 11 is 4.04. The fourth-order valence-corrected chi connectivity index (χ4v) is 8.76. The van der Waals surface area contributed by atoms with Gasteiger partial charge in [-0.1, -0.05) is 78.3 Å². The van der Waals surface area contributed by atoms with Crippen LogP contribution in [0.4, 0.5) is 34.1 Å². The molecule has 2 N–H and O–H groups in total. The molecular weight excluding hydrogens is 732 g/mol. The third kappa shape index (κ3) is 7.50. The number of methoxy groups -OCH3 is 2. The van der Waals surface area contributed by atoms with E-state index in [9.17, 15) is 0 Å². The quantitative estimate of drug-likeness (QED) is 0.132. The largest absolute Gasteiger partial charge is 0.383 e. The normalized spacial score (nSPS) is 18.7. The van der Waals surface area contributed by atoms with Crippen molar-refractivity contribution < 1.29 is 14.0 Å². The molecule has 278 valence electrons. The molecule has 0 saturated carbocycles. The molecule has 0 radical (unpaired) electrons. The number of para-hydroxylation sites is 2. The Bertz CT molecular complexity index is 2160. The number of nitrogens with zero attached hydrogens (tertiary/aromatic N) is 2. The van der Waals surface area contributed by atoms with Gasteiger partial charge in [0.05, 0.1) is 12.0 Å². The van der Waals surface area contributed by atoms with Crippen LogP contribution >= 0.6 is 15.9 Å². The van der Waals surface area contributed by atoms with Gasteiger partial charge in [-0.3, -0.25) is 0 Å². The maximum atomic E-state index is 5.58. The number of nitrogens with one attached hydrogen (secondary N) is 2. The van der Waals surface area contributed by atoms with Gasteiger partial charge in [-0.2, -0.15) is 4.58 Å². The lowest BCUT2D eigenvalue weighted by atomic mass is 9.81. The molecule has 7 heteroatoms. The Balaban J connectivity index is 1.16. The van der Waals surface area contributed by atoms with Crippen LogP contribution in [0.1, 0.15) is 51.7 Å². The van der Waals surface area contributed by atoms with Crippen LogP contribution < -0.4 is 15.5 Å². The zero-order valence-electron chi connectivity index (χ0n) is 32.4. The van der Waals surface area contributed by atoms with E-state index in [4.69, 9.17) is 9.47 Å². The van der Waals surface area contributed by atoms with Gasteiger partial charge < -0.3 is 25.0 Å². The maximum absolute atomic E-state index is 5.58. The number of anilines is 5. The van der Waals surface area contributed by atoms with Gasteiger partial charge in [0.15, 0.2) is 12.3 Å². The summed E-state index contributed by atoms with van der Waals surface area (Å²) in [5.74, 6) is 0. The summed E-state index contributed by atoms with van der Waals surface area (Å²) in [6.07, 6.45) is 11.3. The van der Waals surface area contributed by atoms with Gasteiger partial charge in [-0.25, -0.2) is 0 Å². The Labute approximate surface area is 329 Å². The molecule has 6 nitrogen and oxygen atoms in total. The van der Waals surface area contributed by atoms with Gasteiger partial charge >= 0.3 is 0 Å². The molecule has 4 aromatic carbocycles. The molecule has 0 atom stereocenters. The third-order valence-corrected chi connectivity index (χ3v) is 12.1. The van der Waals surface area contributed by atoms with E-state index in [-0.39, 0.29) is 10.8 Å². The van der Waals surface area contributed by atoms with Gasteiger partial charge in [-0.15, -0.1) is 0 Å². The zero-order valence-corrected chi connectivity index (χ0v) is 34.0. The van der Waals surface area contributed by atoms with Crippen LogP contribution in [0.2, 0.25) is 0 Å². The third-order valence-electron chi connectivity index (χ3n) is 11.1. The molecule has 0 unspecified atom stereocenters. The van der Waals surface area contributed by atoms with Crippen molar-refractivity contribution in [3.63, 3.8) is 0 Å². The summed E-state index contributed by atoms with van der Waals surface area (Å²) in [7, 11) is 3.55. The minimum atomic E-state index is -0.187. The Morgan fingerprint density at radius 1 is 0.704 bits per heavy atom. The van der Waals surface area contributed by atoms with Crippen molar-refractivity contribution in [3.8, 4) is 0 Å². The summed E-state index contributed by atoms with van der Waals surface area (Å²) < 4.78 is 14.8. The van der Waals surface area contributed by atoms with E-state index in [0.29, 0.717) is 13.2 Å². The van der Waals surface area contributed by atoms with Crippen molar-refractivity contribution in [1.29, 1.82) is 0 Å². The lowest BCUT2D eigenvalue weighted by Gasteiger charge is -2.26. The number of hydrogen-bond acceptors (Lipinski definition) is 5. The van der Waals surface area contributed by atoms with E-state index in [0.717, 1.165) is 48.7 Å². The summed E-state index contributed by atoms with van der Waals surface area (Å²) in [6.45, 7) is 12.2. The van der Waals surface area contributed by atoms with Crippen LogP contribution in [0.5, 0.6) is 0 Å². The number of rotatable bonds is 13. The molecule has 3 aliphatic rings.